The van der Waals surface area contributed by atoms with Gasteiger partial charge in [-0.2, -0.15) is 0 Å². The van der Waals surface area contributed by atoms with E-state index in [2.05, 4.69) is 6.92 Å². The van der Waals surface area contributed by atoms with Gasteiger partial charge < -0.3 is 14.2 Å². The number of hydrogen-bond donors (Lipinski definition) is 0. The molecule has 0 saturated carbocycles. The van der Waals surface area contributed by atoms with Crippen LogP contribution in [-0.2, 0) is 11.3 Å². The lowest BCUT2D eigenvalue weighted by Crippen LogP contribution is -1.97. The molecule has 0 aromatic heterocycles. The first-order valence-corrected chi connectivity index (χ1v) is 8.60. The summed E-state index contributed by atoms with van der Waals surface area (Å²) in [4.78, 5) is 0. The van der Waals surface area contributed by atoms with Gasteiger partial charge >= 0.3 is 0 Å². The summed E-state index contributed by atoms with van der Waals surface area (Å²) in [5, 5.41) is 0. The van der Waals surface area contributed by atoms with E-state index in [0.29, 0.717) is 6.61 Å². The smallest absolute Gasteiger partial charge is 0.161 e. The number of methoxy groups -OCH3 is 2. The third-order valence-electron chi connectivity index (χ3n) is 3.86. The van der Waals surface area contributed by atoms with Crippen LogP contribution in [0.2, 0.25) is 0 Å². The van der Waals surface area contributed by atoms with Crippen molar-refractivity contribution in [2.24, 2.45) is 0 Å². The Morgan fingerprint density at radius 3 is 2.05 bits per heavy atom. The molecule has 126 valence electrons. The van der Waals surface area contributed by atoms with Gasteiger partial charge in [0.25, 0.3) is 0 Å². The van der Waals surface area contributed by atoms with Gasteiger partial charge in [-0.05, 0) is 24.1 Å². The summed E-state index contributed by atoms with van der Waals surface area (Å²) in [6, 6.07) is 5.93. The van der Waals surface area contributed by atoms with Crippen LogP contribution in [0.25, 0.3) is 0 Å². The lowest BCUT2D eigenvalue weighted by Gasteiger charge is -2.10. The molecule has 0 bridgehead atoms. The van der Waals surface area contributed by atoms with E-state index < -0.39 is 0 Å². The molecule has 0 aliphatic rings. The maximum Gasteiger partial charge on any atom is 0.161 e. The molecule has 0 fully saturated rings. The minimum absolute atomic E-state index is 0.636. The van der Waals surface area contributed by atoms with Gasteiger partial charge in [0.1, 0.15) is 0 Å². The van der Waals surface area contributed by atoms with Crippen LogP contribution < -0.4 is 9.47 Å². The fourth-order valence-corrected chi connectivity index (χ4v) is 2.50. The Morgan fingerprint density at radius 2 is 1.41 bits per heavy atom. The number of unbranched alkanes of at least 4 members (excludes halogenated alkanes) is 7. The molecule has 0 heterocycles. The molecule has 22 heavy (non-hydrogen) atoms. The predicted molar refractivity (Wildman–Crippen MR) is 91.8 cm³/mol. The van der Waals surface area contributed by atoms with Crippen LogP contribution in [0.4, 0.5) is 0 Å². The van der Waals surface area contributed by atoms with E-state index >= 15 is 0 Å². The van der Waals surface area contributed by atoms with E-state index in [1.54, 1.807) is 14.2 Å². The van der Waals surface area contributed by atoms with Gasteiger partial charge in [0, 0.05) is 6.61 Å². The molecule has 0 spiro atoms. The number of ether oxygens (including phenoxy) is 3. The van der Waals surface area contributed by atoms with Crippen molar-refractivity contribution in [3.05, 3.63) is 23.8 Å². The first-order valence-electron chi connectivity index (χ1n) is 8.60. The second-order valence-electron chi connectivity index (χ2n) is 5.72. The molecular formula is C19H32O3. The van der Waals surface area contributed by atoms with Crippen molar-refractivity contribution >= 4 is 0 Å². The van der Waals surface area contributed by atoms with Gasteiger partial charge in [-0.1, -0.05) is 57.9 Å². The van der Waals surface area contributed by atoms with E-state index in [4.69, 9.17) is 14.2 Å². The third-order valence-corrected chi connectivity index (χ3v) is 3.86. The van der Waals surface area contributed by atoms with Crippen LogP contribution in [0.15, 0.2) is 18.2 Å². The lowest BCUT2D eigenvalue weighted by molar-refractivity contribution is 0.116. The first-order chi connectivity index (χ1) is 10.8. The zero-order valence-corrected chi connectivity index (χ0v) is 14.5. The Morgan fingerprint density at radius 1 is 0.773 bits per heavy atom. The van der Waals surface area contributed by atoms with Crippen molar-refractivity contribution < 1.29 is 14.2 Å². The molecule has 1 aromatic carbocycles. The molecular weight excluding hydrogens is 276 g/mol. The van der Waals surface area contributed by atoms with Gasteiger partial charge in [-0.3, -0.25) is 0 Å². The standard InChI is InChI=1S/C19H32O3/c1-4-5-6-7-8-9-10-11-14-22-16-17-12-13-18(20-2)19(15-17)21-3/h12-13,15H,4-11,14,16H2,1-3H3. The van der Waals surface area contributed by atoms with Crippen molar-refractivity contribution in [2.75, 3.05) is 20.8 Å². The molecule has 1 aromatic rings. The maximum absolute atomic E-state index is 5.74. The monoisotopic (exact) mass is 308 g/mol. The van der Waals surface area contributed by atoms with Crippen molar-refractivity contribution in [1.29, 1.82) is 0 Å². The maximum atomic E-state index is 5.74. The lowest BCUT2D eigenvalue weighted by atomic mass is 10.1. The van der Waals surface area contributed by atoms with Crippen LogP contribution in [0.1, 0.15) is 63.9 Å². The van der Waals surface area contributed by atoms with Crippen molar-refractivity contribution in [1.82, 2.24) is 0 Å². The van der Waals surface area contributed by atoms with Crippen molar-refractivity contribution in [3.8, 4) is 11.5 Å². The predicted octanol–water partition coefficient (Wildman–Crippen LogP) is 5.36. The van der Waals surface area contributed by atoms with Crippen molar-refractivity contribution in [3.63, 3.8) is 0 Å². The van der Waals surface area contributed by atoms with Gasteiger partial charge in [-0.15, -0.1) is 0 Å². The second kappa shape index (κ2) is 12.3. The molecule has 0 radical (unpaired) electrons. The first kappa shape index (κ1) is 18.8. The van der Waals surface area contributed by atoms with Crippen LogP contribution in [0, 0.1) is 0 Å². The highest BCUT2D eigenvalue weighted by Crippen LogP contribution is 2.27. The van der Waals surface area contributed by atoms with Crippen molar-refractivity contribution in [2.45, 2.75) is 64.9 Å². The topological polar surface area (TPSA) is 27.7 Å². The van der Waals surface area contributed by atoms with Gasteiger partial charge in [0.05, 0.1) is 20.8 Å². The highest BCUT2D eigenvalue weighted by atomic mass is 16.5. The largest absolute Gasteiger partial charge is 0.493 e. The van der Waals surface area contributed by atoms with Gasteiger partial charge in [0.15, 0.2) is 11.5 Å². The van der Waals surface area contributed by atoms with E-state index in [-0.39, 0.29) is 0 Å². The summed E-state index contributed by atoms with van der Waals surface area (Å²) < 4.78 is 16.3. The molecule has 3 nitrogen and oxygen atoms in total. The van der Waals surface area contributed by atoms with E-state index in [9.17, 15) is 0 Å². The number of rotatable bonds is 13. The Bertz CT molecular complexity index is 390. The van der Waals surface area contributed by atoms with E-state index in [1.165, 1.54) is 44.9 Å². The van der Waals surface area contributed by atoms with Gasteiger partial charge in [-0.25, -0.2) is 0 Å². The molecule has 0 amide bonds. The summed E-state index contributed by atoms with van der Waals surface area (Å²) >= 11 is 0. The summed E-state index contributed by atoms with van der Waals surface area (Å²) in [6.07, 6.45) is 10.6. The molecule has 0 aliphatic heterocycles. The molecule has 0 atom stereocenters. The Hall–Kier alpha value is -1.22. The van der Waals surface area contributed by atoms with Crippen LogP contribution in [0.3, 0.4) is 0 Å². The molecule has 0 aliphatic carbocycles. The number of hydrogen-bond acceptors (Lipinski definition) is 3. The zero-order chi connectivity index (χ0) is 16.0. The average molecular weight is 308 g/mol. The highest BCUT2D eigenvalue weighted by Gasteiger charge is 2.04. The molecule has 0 unspecified atom stereocenters. The summed E-state index contributed by atoms with van der Waals surface area (Å²) in [6.45, 7) is 3.73. The summed E-state index contributed by atoms with van der Waals surface area (Å²) in [7, 11) is 3.30. The molecule has 1 rings (SSSR count). The quantitative estimate of drug-likeness (QED) is 0.459. The van der Waals surface area contributed by atoms with E-state index in [0.717, 1.165) is 30.1 Å². The van der Waals surface area contributed by atoms with Gasteiger partial charge in [0.2, 0.25) is 0 Å². The summed E-state index contributed by atoms with van der Waals surface area (Å²) in [5.74, 6) is 1.52. The number of benzene rings is 1. The third kappa shape index (κ3) is 7.69. The molecule has 0 N–H and O–H groups in total. The minimum atomic E-state index is 0.636. The zero-order valence-electron chi connectivity index (χ0n) is 14.5. The fraction of sp³-hybridized carbons (Fsp3) is 0.684. The fourth-order valence-electron chi connectivity index (χ4n) is 2.50. The Labute approximate surface area is 136 Å². The normalized spacial score (nSPS) is 10.7. The summed E-state index contributed by atoms with van der Waals surface area (Å²) in [5.41, 5.74) is 1.12. The highest BCUT2D eigenvalue weighted by molar-refractivity contribution is 5.42. The second-order valence-corrected chi connectivity index (χ2v) is 5.72. The Kier molecular flexibility index (Phi) is 10.6. The Balaban J connectivity index is 2.07. The van der Waals surface area contributed by atoms with Crippen LogP contribution in [-0.4, -0.2) is 20.8 Å². The van der Waals surface area contributed by atoms with Crippen LogP contribution in [0.5, 0.6) is 11.5 Å². The van der Waals surface area contributed by atoms with E-state index in [1.807, 2.05) is 18.2 Å². The average Bonchev–Trinajstić information content (AvgIpc) is 2.56. The minimum Gasteiger partial charge on any atom is -0.493 e. The molecule has 3 heteroatoms. The van der Waals surface area contributed by atoms with Crippen LogP contribution >= 0.6 is 0 Å². The molecule has 0 saturated heterocycles. The SMILES string of the molecule is CCCCCCCCCCOCc1ccc(OC)c(OC)c1.